The first kappa shape index (κ1) is 7.85. The number of aryl methyl sites for hydroxylation is 1. The minimum absolute atomic E-state index is 0.410. The number of hydrogen-bond donors (Lipinski definition) is 1. The normalized spacial score (nSPS) is 9.36. The van der Waals surface area contributed by atoms with Crippen LogP contribution in [0.5, 0.6) is 5.75 Å². The molecule has 1 aromatic rings. The average Bonchev–Trinajstić information content (AvgIpc) is 2.05. The van der Waals surface area contributed by atoms with Crippen molar-refractivity contribution in [3.63, 3.8) is 0 Å². The van der Waals surface area contributed by atoms with Gasteiger partial charge in [-0.1, -0.05) is 6.07 Å². The molecule has 0 saturated carbocycles. The van der Waals surface area contributed by atoms with Gasteiger partial charge in [-0.2, -0.15) is 0 Å². The fourth-order valence-corrected chi connectivity index (χ4v) is 0.879. The zero-order chi connectivity index (χ0) is 8.27. The van der Waals surface area contributed by atoms with E-state index in [1.54, 1.807) is 30.8 Å². The van der Waals surface area contributed by atoms with Crippen molar-refractivity contribution in [2.45, 2.75) is 6.92 Å². The van der Waals surface area contributed by atoms with Crippen molar-refractivity contribution in [3.05, 3.63) is 23.8 Å². The Hall–Kier alpha value is -1.25. The number of rotatable bonds is 2. The zero-order valence-electron chi connectivity index (χ0n) is 6.52. The number of benzene rings is 1. The lowest BCUT2D eigenvalue weighted by Crippen LogP contribution is -1.88. The van der Waals surface area contributed by atoms with Crippen molar-refractivity contribution in [2.24, 2.45) is 0 Å². The predicted octanol–water partition coefficient (Wildman–Crippen LogP) is 2.30. The Labute approximate surface area is 64.9 Å². The maximum absolute atomic E-state index is 11.9. The van der Waals surface area contributed by atoms with Gasteiger partial charge < -0.3 is 4.74 Å². The van der Waals surface area contributed by atoms with Crippen LogP contribution in [-0.2, 0) is 0 Å². The Morgan fingerprint density at radius 3 is 2.73 bits per heavy atom. The molecule has 0 aromatic heterocycles. The third-order valence-corrected chi connectivity index (χ3v) is 1.52. The second kappa shape index (κ2) is 3.23. The standard InChI is InChI=1S/C8H10FNO/c1-6-3-4-7(10-9)5-8(6)11-2/h3-5,10H,1-2H3. The highest BCUT2D eigenvalue weighted by Crippen LogP contribution is 2.21. The summed E-state index contributed by atoms with van der Waals surface area (Å²) in [5, 5.41) is 0. The van der Waals surface area contributed by atoms with Crippen LogP contribution in [0, 0.1) is 6.92 Å². The molecule has 3 heteroatoms. The van der Waals surface area contributed by atoms with Crippen molar-refractivity contribution in [2.75, 3.05) is 12.6 Å². The number of methoxy groups -OCH3 is 1. The van der Waals surface area contributed by atoms with E-state index < -0.39 is 0 Å². The minimum Gasteiger partial charge on any atom is -0.496 e. The summed E-state index contributed by atoms with van der Waals surface area (Å²) >= 11 is 0. The Balaban J connectivity index is 3.02. The van der Waals surface area contributed by atoms with E-state index in [9.17, 15) is 4.48 Å². The van der Waals surface area contributed by atoms with Gasteiger partial charge in [0.15, 0.2) is 0 Å². The Bertz CT molecular complexity index is 250. The SMILES string of the molecule is COc1cc(NF)ccc1C. The van der Waals surface area contributed by atoms with Crippen LogP contribution in [0.15, 0.2) is 18.2 Å². The van der Waals surface area contributed by atoms with Crippen LogP contribution in [0.3, 0.4) is 0 Å². The maximum Gasteiger partial charge on any atom is 0.123 e. The highest BCUT2D eigenvalue weighted by molar-refractivity contribution is 5.49. The van der Waals surface area contributed by atoms with Crippen molar-refractivity contribution in [1.82, 2.24) is 0 Å². The molecule has 1 N–H and O–H groups in total. The fourth-order valence-electron chi connectivity index (χ4n) is 0.879. The van der Waals surface area contributed by atoms with E-state index in [0.29, 0.717) is 11.4 Å². The predicted molar refractivity (Wildman–Crippen MR) is 42.5 cm³/mol. The minimum atomic E-state index is 0.410. The Kier molecular flexibility index (Phi) is 2.31. The third-order valence-electron chi connectivity index (χ3n) is 1.52. The zero-order valence-corrected chi connectivity index (χ0v) is 6.52. The van der Waals surface area contributed by atoms with Gasteiger partial charge in [-0.25, -0.2) is 5.54 Å². The Morgan fingerprint density at radius 1 is 1.45 bits per heavy atom. The van der Waals surface area contributed by atoms with Crippen molar-refractivity contribution in [3.8, 4) is 5.75 Å². The first-order valence-electron chi connectivity index (χ1n) is 3.29. The van der Waals surface area contributed by atoms with Gasteiger partial charge in [0.1, 0.15) is 5.75 Å². The first-order valence-corrected chi connectivity index (χ1v) is 3.29. The summed E-state index contributed by atoms with van der Waals surface area (Å²) in [6, 6.07) is 5.05. The maximum atomic E-state index is 11.9. The summed E-state index contributed by atoms with van der Waals surface area (Å²) in [6.07, 6.45) is 0. The summed E-state index contributed by atoms with van der Waals surface area (Å²) in [7, 11) is 1.56. The van der Waals surface area contributed by atoms with E-state index in [1.807, 2.05) is 6.92 Å². The molecule has 0 aliphatic heterocycles. The van der Waals surface area contributed by atoms with Crippen molar-refractivity contribution < 1.29 is 9.22 Å². The summed E-state index contributed by atoms with van der Waals surface area (Å²) < 4.78 is 16.8. The number of nitrogens with one attached hydrogen (secondary N) is 1. The topological polar surface area (TPSA) is 21.3 Å². The molecule has 0 spiro atoms. The molecule has 11 heavy (non-hydrogen) atoms. The smallest absolute Gasteiger partial charge is 0.123 e. The number of anilines is 1. The molecule has 0 atom stereocenters. The van der Waals surface area contributed by atoms with E-state index in [-0.39, 0.29) is 0 Å². The van der Waals surface area contributed by atoms with Crippen LogP contribution in [0.2, 0.25) is 0 Å². The molecular weight excluding hydrogens is 145 g/mol. The summed E-state index contributed by atoms with van der Waals surface area (Å²) in [4.78, 5) is 0. The molecule has 2 nitrogen and oxygen atoms in total. The lowest BCUT2D eigenvalue weighted by atomic mass is 10.2. The van der Waals surface area contributed by atoms with Crippen LogP contribution in [0.25, 0.3) is 0 Å². The first-order chi connectivity index (χ1) is 5.27. The van der Waals surface area contributed by atoms with E-state index in [0.717, 1.165) is 5.56 Å². The van der Waals surface area contributed by atoms with Gasteiger partial charge in [-0.15, -0.1) is 4.48 Å². The van der Waals surface area contributed by atoms with Crippen LogP contribution in [0.1, 0.15) is 5.56 Å². The van der Waals surface area contributed by atoms with Gasteiger partial charge in [0.05, 0.1) is 12.8 Å². The fraction of sp³-hybridized carbons (Fsp3) is 0.250. The van der Waals surface area contributed by atoms with E-state index in [4.69, 9.17) is 4.74 Å². The van der Waals surface area contributed by atoms with Crippen LogP contribution in [0.4, 0.5) is 10.2 Å². The van der Waals surface area contributed by atoms with Gasteiger partial charge in [-0.3, -0.25) is 0 Å². The van der Waals surface area contributed by atoms with Gasteiger partial charge in [-0.05, 0) is 18.6 Å². The van der Waals surface area contributed by atoms with Gasteiger partial charge in [0.2, 0.25) is 0 Å². The second-order valence-corrected chi connectivity index (χ2v) is 2.28. The summed E-state index contributed by atoms with van der Waals surface area (Å²) in [6.45, 7) is 1.90. The average molecular weight is 155 g/mol. The molecule has 0 aliphatic carbocycles. The molecule has 0 amide bonds. The van der Waals surface area contributed by atoms with Gasteiger partial charge in [0, 0.05) is 6.07 Å². The molecule has 0 bridgehead atoms. The highest BCUT2D eigenvalue weighted by Gasteiger charge is 1.98. The monoisotopic (exact) mass is 155 g/mol. The van der Waals surface area contributed by atoms with Crippen molar-refractivity contribution in [1.29, 1.82) is 0 Å². The summed E-state index contributed by atoms with van der Waals surface area (Å²) in [5.41, 5.74) is 2.95. The van der Waals surface area contributed by atoms with E-state index >= 15 is 0 Å². The van der Waals surface area contributed by atoms with Crippen LogP contribution < -0.4 is 10.3 Å². The van der Waals surface area contributed by atoms with Crippen LogP contribution >= 0.6 is 0 Å². The van der Waals surface area contributed by atoms with Crippen molar-refractivity contribution >= 4 is 5.69 Å². The molecule has 0 heterocycles. The molecule has 0 aliphatic rings. The lowest BCUT2D eigenvalue weighted by molar-refractivity contribution is 0.411. The van der Waals surface area contributed by atoms with Crippen LogP contribution in [-0.4, -0.2) is 7.11 Å². The number of halogens is 1. The number of hydrogen-bond acceptors (Lipinski definition) is 2. The third kappa shape index (κ3) is 1.61. The quantitative estimate of drug-likeness (QED) is 0.661. The second-order valence-electron chi connectivity index (χ2n) is 2.28. The molecule has 1 aromatic carbocycles. The molecule has 60 valence electrons. The van der Waals surface area contributed by atoms with E-state index in [1.165, 1.54) is 0 Å². The summed E-state index contributed by atoms with van der Waals surface area (Å²) in [5.74, 6) is 0.688. The van der Waals surface area contributed by atoms with Gasteiger partial charge >= 0.3 is 0 Å². The molecule has 0 fully saturated rings. The highest BCUT2D eigenvalue weighted by atomic mass is 19.2. The molecule has 0 unspecified atom stereocenters. The Morgan fingerprint density at radius 2 is 2.18 bits per heavy atom. The molecule has 1 rings (SSSR count). The molecule has 0 saturated heterocycles. The molecular formula is C8H10FNO. The van der Waals surface area contributed by atoms with Gasteiger partial charge in [0.25, 0.3) is 0 Å². The molecule has 0 radical (unpaired) electrons. The number of ether oxygens (including phenoxy) is 1. The van der Waals surface area contributed by atoms with E-state index in [2.05, 4.69) is 0 Å². The largest absolute Gasteiger partial charge is 0.496 e. The lowest BCUT2D eigenvalue weighted by Gasteiger charge is -2.04.